The van der Waals surface area contributed by atoms with Crippen LogP contribution in [-0.4, -0.2) is 39.0 Å². The van der Waals surface area contributed by atoms with Crippen molar-refractivity contribution in [3.63, 3.8) is 0 Å². The van der Waals surface area contributed by atoms with Crippen molar-refractivity contribution in [2.75, 3.05) is 11.6 Å². The van der Waals surface area contributed by atoms with E-state index < -0.39 is 5.91 Å². The number of aliphatic imine (C=N–C) groups is 1. The number of nitrogens with one attached hydrogen (secondary N) is 2. The Balaban J connectivity index is 1.51. The van der Waals surface area contributed by atoms with Crippen molar-refractivity contribution in [3.8, 4) is 0 Å². The molecule has 9 heteroatoms. The van der Waals surface area contributed by atoms with E-state index in [9.17, 15) is 9.59 Å². The van der Waals surface area contributed by atoms with E-state index in [0.717, 1.165) is 11.1 Å². The van der Waals surface area contributed by atoms with Crippen molar-refractivity contribution in [2.24, 2.45) is 4.99 Å². The Bertz CT molecular complexity index is 1050. The number of hydrogen-bond acceptors (Lipinski definition) is 6. The fraction of sp³-hybridized carbons (Fsp3) is 0.190. The molecular weight excluding hydrogens is 382 g/mol. The zero-order valence-corrected chi connectivity index (χ0v) is 16.4. The van der Waals surface area contributed by atoms with E-state index in [0.29, 0.717) is 12.2 Å². The molecule has 4 rings (SSSR count). The molecule has 2 heterocycles. The summed E-state index contributed by atoms with van der Waals surface area (Å²) in [6.45, 7) is 2.26. The molecule has 0 aliphatic carbocycles. The predicted octanol–water partition coefficient (Wildman–Crippen LogP) is 1.39. The van der Waals surface area contributed by atoms with E-state index in [-0.39, 0.29) is 24.3 Å². The zero-order valence-electron chi connectivity index (χ0n) is 16.4. The van der Waals surface area contributed by atoms with Crippen LogP contribution < -0.4 is 15.8 Å². The van der Waals surface area contributed by atoms with E-state index in [1.807, 2.05) is 61.5 Å². The van der Waals surface area contributed by atoms with Crippen molar-refractivity contribution in [1.82, 2.24) is 25.5 Å². The number of aromatic nitrogens is 3. The fourth-order valence-corrected chi connectivity index (χ4v) is 3.11. The summed E-state index contributed by atoms with van der Waals surface area (Å²) in [5.41, 5.74) is 5.49. The molecule has 2 amide bonds. The molecule has 9 nitrogen and oxygen atoms in total. The number of nitrogens with zero attached hydrogens (tertiary/aromatic N) is 5. The lowest BCUT2D eigenvalue weighted by Gasteiger charge is -2.28. The highest BCUT2D eigenvalue weighted by atomic mass is 16.2. The van der Waals surface area contributed by atoms with E-state index in [2.05, 4.69) is 25.8 Å². The molecule has 2 N–H and O–H groups in total. The molecule has 1 aliphatic heterocycles. The van der Waals surface area contributed by atoms with Gasteiger partial charge in [-0.1, -0.05) is 48.0 Å². The molecule has 0 spiro atoms. The molecule has 0 saturated heterocycles. The Labute approximate surface area is 173 Å². The number of anilines is 1. The average Bonchev–Trinajstić information content (AvgIpc) is 3.28. The number of carbonyl (C=O) groups is 2. The van der Waals surface area contributed by atoms with Gasteiger partial charge in [0.25, 0.3) is 11.8 Å². The summed E-state index contributed by atoms with van der Waals surface area (Å²) in [5, 5.41) is 8.45. The number of amides is 2. The Hall–Kier alpha value is -4.01. The van der Waals surface area contributed by atoms with Gasteiger partial charge in [-0.3, -0.25) is 24.7 Å². The summed E-state index contributed by atoms with van der Waals surface area (Å²) < 4.78 is 1.65. The third-order valence-electron chi connectivity index (χ3n) is 4.69. The van der Waals surface area contributed by atoms with E-state index in [4.69, 9.17) is 0 Å². The lowest BCUT2D eigenvalue weighted by molar-refractivity contribution is -0.118. The average molecular weight is 403 g/mol. The van der Waals surface area contributed by atoms with Crippen LogP contribution in [0.15, 0.2) is 72.2 Å². The first-order valence-electron chi connectivity index (χ1n) is 9.49. The topological polar surface area (TPSA) is 105 Å². The maximum absolute atomic E-state index is 13.0. The van der Waals surface area contributed by atoms with Crippen LogP contribution in [-0.2, 0) is 16.1 Å². The standard InChI is InChI=1S/C21H21N7O2/c1-15-7-9-17(10-8-15)28-19(29)11-23-20(26-28)21(30)25-18(12-27-14-22-13-24-27)16-5-3-2-4-6-16/h2-10,13-14,18H,11-12H2,1H3,(H,23,26)(H,25,30). The Morgan fingerprint density at radius 2 is 1.93 bits per heavy atom. The zero-order chi connectivity index (χ0) is 20.9. The molecule has 1 unspecified atom stereocenters. The number of carbonyl (C=O) groups excluding carboxylic acids is 2. The number of rotatable bonds is 6. The van der Waals surface area contributed by atoms with Crippen molar-refractivity contribution < 1.29 is 9.59 Å². The van der Waals surface area contributed by atoms with E-state index >= 15 is 0 Å². The molecule has 2 aromatic carbocycles. The van der Waals surface area contributed by atoms with Gasteiger partial charge in [0.2, 0.25) is 5.84 Å². The van der Waals surface area contributed by atoms with E-state index in [1.54, 1.807) is 11.0 Å². The van der Waals surface area contributed by atoms with Crippen LogP contribution in [0.3, 0.4) is 0 Å². The van der Waals surface area contributed by atoms with Gasteiger partial charge < -0.3 is 5.32 Å². The molecule has 0 bridgehead atoms. The Kier molecular flexibility index (Phi) is 5.51. The molecule has 0 saturated carbocycles. The second-order valence-electron chi connectivity index (χ2n) is 6.90. The van der Waals surface area contributed by atoms with Gasteiger partial charge in [-0.2, -0.15) is 5.10 Å². The third-order valence-corrected chi connectivity index (χ3v) is 4.69. The van der Waals surface area contributed by atoms with Crippen molar-refractivity contribution in [2.45, 2.75) is 19.5 Å². The lowest BCUT2D eigenvalue weighted by Crippen LogP contribution is -2.56. The summed E-state index contributed by atoms with van der Waals surface area (Å²) >= 11 is 0. The molecule has 3 aromatic rings. The molecule has 0 radical (unpaired) electrons. The van der Waals surface area contributed by atoms with E-state index in [1.165, 1.54) is 11.3 Å². The van der Waals surface area contributed by atoms with Crippen molar-refractivity contribution in [3.05, 3.63) is 78.4 Å². The number of aryl methyl sites for hydroxylation is 1. The van der Waals surface area contributed by atoms with Crippen molar-refractivity contribution in [1.29, 1.82) is 0 Å². The van der Waals surface area contributed by atoms with Gasteiger partial charge in [0, 0.05) is 0 Å². The molecule has 30 heavy (non-hydrogen) atoms. The number of benzene rings is 2. The van der Waals surface area contributed by atoms with Gasteiger partial charge in [-0.25, -0.2) is 9.99 Å². The van der Waals surface area contributed by atoms with Gasteiger partial charge >= 0.3 is 0 Å². The Morgan fingerprint density at radius 1 is 1.17 bits per heavy atom. The smallest absolute Gasteiger partial charge is 0.288 e. The lowest BCUT2D eigenvalue weighted by atomic mass is 10.1. The maximum Gasteiger partial charge on any atom is 0.288 e. The van der Waals surface area contributed by atoms with Crippen LogP contribution >= 0.6 is 0 Å². The van der Waals surface area contributed by atoms with Crippen LogP contribution in [0.5, 0.6) is 0 Å². The monoisotopic (exact) mass is 403 g/mol. The van der Waals surface area contributed by atoms with Gasteiger partial charge in [-0.05, 0) is 24.6 Å². The number of hydrazine groups is 1. The SMILES string of the molecule is Cc1ccc(N2NC(C(=O)NC(Cn3cncn3)c3ccccc3)=NCC2=O)cc1. The molecule has 1 atom stereocenters. The highest BCUT2D eigenvalue weighted by molar-refractivity contribution is 6.39. The van der Waals surface area contributed by atoms with Crippen LogP contribution in [0, 0.1) is 6.92 Å². The first kappa shape index (κ1) is 19.3. The second-order valence-corrected chi connectivity index (χ2v) is 6.90. The minimum absolute atomic E-state index is 0.0784. The highest BCUT2D eigenvalue weighted by Crippen LogP contribution is 2.17. The fourth-order valence-electron chi connectivity index (χ4n) is 3.11. The molecule has 1 aromatic heterocycles. The van der Waals surface area contributed by atoms with Crippen LogP contribution in [0.4, 0.5) is 5.69 Å². The van der Waals surface area contributed by atoms with Gasteiger partial charge in [0.15, 0.2) is 0 Å². The largest absolute Gasteiger partial charge is 0.341 e. The summed E-state index contributed by atoms with van der Waals surface area (Å²) in [7, 11) is 0. The van der Waals surface area contributed by atoms with Crippen molar-refractivity contribution >= 4 is 23.3 Å². The first-order valence-corrected chi connectivity index (χ1v) is 9.49. The minimum Gasteiger partial charge on any atom is -0.341 e. The second kappa shape index (κ2) is 8.56. The molecule has 1 aliphatic rings. The molecule has 0 fully saturated rings. The minimum atomic E-state index is -0.409. The highest BCUT2D eigenvalue weighted by Gasteiger charge is 2.27. The summed E-state index contributed by atoms with van der Waals surface area (Å²) in [5.74, 6) is -0.569. The Morgan fingerprint density at radius 3 is 2.63 bits per heavy atom. The maximum atomic E-state index is 13.0. The quantitative estimate of drug-likeness (QED) is 0.647. The number of hydrogen-bond donors (Lipinski definition) is 2. The van der Waals surface area contributed by atoms with Crippen LogP contribution in [0.1, 0.15) is 17.2 Å². The van der Waals surface area contributed by atoms with Crippen LogP contribution in [0.2, 0.25) is 0 Å². The molecular formula is C21H21N7O2. The third kappa shape index (κ3) is 4.35. The molecule has 152 valence electrons. The van der Waals surface area contributed by atoms with Gasteiger partial charge in [0.1, 0.15) is 19.2 Å². The summed E-state index contributed by atoms with van der Waals surface area (Å²) in [4.78, 5) is 33.3. The van der Waals surface area contributed by atoms with Gasteiger partial charge in [-0.15, -0.1) is 0 Å². The first-order chi connectivity index (χ1) is 14.6. The van der Waals surface area contributed by atoms with Gasteiger partial charge in [0.05, 0.1) is 18.3 Å². The number of amidine groups is 1. The normalized spacial score (nSPS) is 14.6. The summed E-state index contributed by atoms with van der Waals surface area (Å²) in [6, 6.07) is 16.7. The summed E-state index contributed by atoms with van der Waals surface area (Å²) in [6.07, 6.45) is 3.04. The van der Waals surface area contributed by atoms with Crippen LogP contribution in [0.25, 0.3) is 0 Å². The predicted molar refractivity (Wildman–Crippen MR) is 111 cm³/mol.